The number of benzene rings is 6. The van der Waals surface area contributed by atoms with Crippen LogP contribution in [0.5, 0.6) is 0 Å². The van der Waals surface area contributed by atoms with Crippen molar-refractivity contribution in [2.45, 2.75) is 12.3 Å². The Kier molecular flexibility index (Phi) is 6.66. The van der Waals surface area contributed by atoms with E-state index in [1.54, 1.807) is 0 Å². The highest BCUT2D eigenvalue weighted by Crippen LogP contribution is 2.49. The summed E-state index contributed by atoms with van der Waals surface area (Å²) >= 11 is 0. The van der Waals surface area contributed by atoms with E-state index in [4.69, 9.17) is 0 Å². The predicted octanol–water partition coefficient (Wildman–Crippen LogP) is 11.2. The Balaban J connectivity index is 1.38. The summed E-state index contributed by atoms with van der Waals surface area (Å²) in [5.41, 5.74) is 11.3. The van der Waals surface area contributed by atoms with Gasteiger partial charge in [-0.3, -0.25) is 0 Å². The second-order valence-corrected chi connectivity index (χ2v) is 11.3. The first-order valence-corrected chi connectivity index (χ1v) is 15.3. The van der Waals surface area contributed by atoms with Gasteiger partial charge in [0.25, 0.3) is 0 Å². The molecule has 0 radical (unpaired) electrons. The Morgan fingerprint density at radius 3 is 1.50 bits per heavy atom. The number of hydrogen-bond acceptors (Lipinski definition) is 2. The average Bonchev–Trinajstić information content (AvgIpc) is 3.11. The van der Waals surface area contributed by atoms with E-state index in [1.165, 1.54) is 50.2 Å². The molecule has 2 aliphatic carbocycles. The Hall–Kier alpha value is -5.60. The number of allylic oxidation sites excluding steroid dienone is 6. The molecule has 0 saturated carbocycles. The Labute approximate surface area is 259 Å². The zero-order valence-corrected chi connectivity index (χ0v) is 24.4. The third-order valence-corrected chi connectivity index (χ3v) is 8.78. The van der Waals surface area contributed by atoms with Crippen molar-refractivity contribution in [3.05, 3.63) is 198 Å². The molecule has 6 aromatic carbocycles. The van der Waals surface area contributed by atoms with E-state index in [-0.39, 0.29) is 5.92 Å². The standard InChI is InChI=1S/C42H32N2/c1-5-17-31(18-6-1)43(32-19-7-2-8-20-32)41-29-39-36-26-14-16-28-38(36)42(30-40(39)35-25-13-15-27-37(35)41)44(33-21-9-3-10-22-33)34-23-11-4-12-24-34/h1-29,36H,30H2. The third-order valence-electron chi connectivity index (χ3n) is 8.78. The fourth-order valence-electron chi connectivity index (χ4n) is 6.86. The van der Waals surface area contributed by atoms with Crippen LogP contribution in [-0.2, 0) is 6.42 Å². The largest absolute Gasteiger partial charge is 0.314 e. The molecule has 210 valence electrons. The molecule has 8 rings (SSSR count). The fraction of sp³-hybridized carbons (Fsp3) is 0.0476. The van der Waals surface area contributed by atoms with Gasteiger partial charge in [0, 0.05) is 46.2 Å². The van der Waals surface area contributed by atoms with Gasteiger partial charge in [0.05, 0.1) is 5.69 Å². The number of para-hydroxylation sites is 4. The lowest BCUT2D eigenvalue weighted by Crippen LogP contribution is -2.26. The Morgan fingerprint density at radius 1 is 0.477 bits per heavy atom. The normalized spacial score (nSPS) is 15.1. The molecule has 0 aliphatic heterocycles. The first kappa shape index (κ1) is 26.1. The highest BCUT2D eigenvalue weighted by Gasteiger charge is 2.32. The van der Waals surface area contributed by atoms with Crippen LogP contribution >= 0.6 is 0 Å². The summed E-state index contributed by atoms with van der Waals surface area (Å²) in [4.78, 5) is 4.86. The van der Waals surface area contributed by atoms with E-state index >= 15 is 0 Å². The first-order chi connectivity index (χ1) is 21.9. The summed E-state index contributed by atoms with van der Waals surface area (Å²) in [5, 5.41) is 2.56. The van der Waals surface area contributed by atoms with Gasteiger partial charge in [-0.1, -0.05) is 121 Å². The molecule has 6 aromatic rings. The second-order valence-electron chi connectivity index (χ2n) is 11.3. The molecule has 0 spiro atoms. The van der Waals surface area contributed by atoms with Crippen molar-refractivity contribution in [1.82, 2.24) is 0 Å². The maximum absolute atomic E-state index is 2.46. The van der Waals surface area contributed by atoms with Gasteiger partial charge in [0.1, 0.15) is 0 Å². The van der Waals surface area contributed by atoms with Crippen molar-refractivity contribution in [2.75, 3.05) is 9.80 Å². The van der Waals surface area contributed by atoms with Crippen molar-refractivity contribution in [1.29, 1.82) is 0 Å². The van der Waals surface area contributed by atoms with Crippen molar-refractivity contribution in [3.63, 3.8) is 0 Å². The molecule has 1 atom stereocenters. The monoisotopic (exact) mass is 564 g/mol. The molecule has 2 nitrogen and oxygen atoms in total. The predicted molar refractivity (Wildman–Crippen MR) is 185 cm³/mol. The van der Waals surface area contributed by atoms with Crippen LogP contribution in [0.25, 0.3) is 10.8 Å². The molecule has 2 heteroatoms. The number of anilines is 5. The second kappa shape index (κ2) is 11.2. The van der Waals surface area contributed by atoms with Crippen molar-refractivity contribution in [3.8, 4) is 0 Å². The van der Waals surface area contributed by atoms with E-state index in [2.05, 4.69) is 186 Å². The molecule has 2 aliphatic rings. The fourth-order valence-corrected chi connectivity index (χ4v) is 6.86. The molecule has 0 bridgehead atoms. The number of nitrogens with zero attached hydrogens (tertiary/aromatic N) is 2. The van der Waals surface area contributed by atoms with Crippen LogP contribution < -0.4 is 9.80 Å². The molecule has 44 heavy (non-hydrogen) atoms. The molecule has 0 N–H and O–H groups in total. The summed E-state index contributed by atoms with van der Waals surface area (Å²) in [6, 6.07) is 54.4. The summed E-state index contributed by atoms with van der Waals surface area (Å²) in [7, 11) is 0. The zero-order chi connectivity index (χ0) is 29.3. The summed E-state index contributed by atoms with van der Waals surface area (Å²) in [5.74, 6) is 0.144. The molecular formula is C42H32N2. The van der Waals surface area contributed by atoms with Gasteiger partial charge in [-0.25, -0.2) is 0 Å². The van der Waals surface area contributed by atoms with Crippen molar-refractivity contribution in [2.24, 2.45) is 0 Å². The Morgan fingerprint density at radius 2 is 0.955 bits per heavy atom. The van der Waals surface area contributed by atoms with Crippen LogP contribution in [0.4, 0.5) is 28.4 Å². The van der Waals surface area contributed by atoms with Gasteiger partial charge in [-0.05, 0) is 76.7 Å². The van der Waals surface area contributed by atoms with Gasteiger partial charge < -0.3 is 9.80 Å². The van der Waals surface area contributed by atoms with Gasteiger partial charge >= 0.3 is 0 Å². The smallest absolute Gasteiger partial charge is 0.0543 e. The molecule has 0 heterocycles. The van der Waals surface area contributed by atoms with E-state index in [1.807, 2.05) is 0 Å². The maximum Gasteiger partial charge on any atom is 0.0543 e. The highest BCUT2D eigenvalue weighted by molar-refractivity contribution is 6.02. The third kappa shape index (κ3) is 4.53. The molecule has 0 aromatic heterocycles. The van der Waals surface area contributed by atoms with Gasteiger partial charge in [0.2, 0.25) is 0 Å². The van der Waals surface area contributed by atoms with Crippen LogP contribution in [0.15, 0.2) is 187 Å². The minimum absolute atomic E-state index is 0.144. The van der Waals surface area contributed by atoms with Crippen LogP contribution in [0.2, 0.25) is 0 Å². The van der Waals surface area contributed by atoms with Gasteiger partial charge in [0.15, 0.2) is 0 Å². The molecule has 1 unspecified atom stereocenters. The van der Waals surface area contributed by atoms with Gasteiger partial charge in [-0.2, -0.15) is 0 Å². The van der Waals surface area contributed by atoms with E-state index in [0.29, 0.717) is 0 Å². The van der Waals surface area contributed by atoms with Gasteiger partial charge in [-0.15, -0.1) is 0 Å². The number of fused-ring (bicyclic) bond motifs is 5. The Bertz CT molecular complexity index is 1950. The van der Waals surface area contributed by atoms with Crippen molar-refractivity contribution >= 4 is 39.2 Å². The minimum atomic E-state index is 0.144. The zero-order valence-electron chi connectivity index (χ0n) is 24.4. The summed E-state index contributed by atoms with van der Waals surface area (Å²) < 4.78 is 0. The quantitative estimate of drug-likeness (QED) is 0.198. The van der Waals surface area contributed by atoms with Crippen LogP contribution in [-0.4, -0.2) is 0 Å². The van der Waals surface area contributed by atoms with Crippen molar-refractivity contribution < 1.29 is 0 Å². The van der Waals surface area contributed by atoms with E-state index in [9.17, 15) is 0 Å². The first-order valence-electron chi connectivity index (χ1n) is 15.3. The topological polar surface area (TPSA) is 6.48 Å². The van der Waals surface area contributed by atoms with Crippen LogP contribution in [0.1, 0.15) is 17.0 Å². The van der Waals surface area contributed by atoms with E-state index in [0.717, 1.165) is 17.8 Å². The molecule has 0 amide bonds. The van der Waals surface area contributed by atoms with E-state index < -0.39 is 0 Å². The number of hydrogen-bond donors (Lipinski definition) is 0. The maximum atomic E-state index is 2.46. The lowest BCUT2D eigenvalue weighted by Gasteiger charge is -2.38. The minimum Gasteiger partial charge on any atom is -0.314 e. The molecule has 0 saturated heterocycles. The lowest BCUT2D eigenvalue weighted by molar-refractivity contribution is 0.874. The number of rotatable bonds is 6. The molecule has 0 fully saturated rings. The van der Waals surface area contributed by atoms with Crippen LogP contribution in [0, 0.1) is 0 Å². The lowest BCUT2D eigenvalue weighted by atomic mass is 9.75. The average molecular weight is 565 g/mol. The summed E-state index contributed by atoms with van der Waals surface area (Å²) in [6.07, 6.45) is 9.92. The summed E-state index contributed by atoms with van der Waals surface area (Å²) in [6.45, 7) is 0. The highest BCUT2D eigenvalue weighted by atomic mass is 15.2. The van der Waals surface area contributed by atoms with Crippen LogP contribution in [0.3, 0.4) is 0 Å². The SMILES string of the molecule is C1=CC2=C(N(c3ccccc3)c3ccccc3)Cc3c(cc(N(c4ccccc4)c4ccccc4)c4ccccc34)C2C=C1. The molecular weight excluding hydrogens is 532 g/mol.